The van der Waals surface area contributed by atoms with Gasteiger partial charge in [0.1, 0.15) is 17.5 Å². The topological polar surface area (TPSA) is 65.3 Å². The van der Waals surface area contributed by atoms with Crippen molar-refractivity contribution in [2.24, 2.45) is 0 Å². The van der Waals surface area contributed by atoms with E-state index in [0.717, 1.165) is 11.1 Å². The van der Waals surface area contributed by atoms with Gasteiger partial charge in [-0.25, -0.2) is 4.98 Å². The Bertz CT molecular complexity index is 599. The highest BCUT2D eigenvalue weighted by molar-refractivity contribution is 6.29. The van der Waals surface area contributed by atoms with Crippen molar-refractivity contribution in [3.8, 4) is 5.75 Å². The molecule has 1 heterocycles. The number of nitro groups is 1. The average Bonchev–Trinajstić information content (AvgIpc) is 2.39. The van der Waals surface area contributed by atoms with Crippen molar-refractivity contribution in [1.82, 2.24) is 4.98 Å². The monoisotopic (exact) mass is 278 g/mol. The molecule has 0 saturated carbocycles. The smallest absolute Gasteiger partial charge is 0.269 e. The van der Waals surface area contributed by atoms with Gasteiger partial charge >= 0.3 is 0 Å². The molecule has 0 bridgehead atoms. The largest absolute Gasteiger partial charge is 0.489 e. The van der Waals surface area contributed by atoms with E-state index in [9.17, 15) is 10.1 Å². The zero-order valence-corrected chi connectivity index (χ0v) is 10.9. The third-order valence-electron chi connectivity index (χ3n) is 2.55. The Balaban J connectivity index is 2.07. The quantitative estimate of drug-likeness (QED) is 0.487. The predicted molar refractivity (Wildman–Crippen MR) is 71.4 cm³/mol. The number of aryl methyl sites for hydroxylation is 1. The molecule has 0 aliphatic carbocycles. The van der Waals surface area contributed by atoms with Crippen molar-refractivity contribution in [3.05, 3.63) is 62.9 Å². The molecule has 0 radical (unpaired) electrons. The fourth-order valence-corrected chi connectivity index (χ4v) is 1.67. The van der Waals surface area contributed by atoms with Crippen LogP contribution in [0.15, 0.2) is 36.5 Å². The SMILES string of the molecule is Cc1cc([N+](=O)[O-])ccc1OCc1ccc(Cl)nc1. The Morgan fingerprint density at radius 3 is 2.74 bits per heavy atom. The highest BCUT2D eigenvalue weighted by Gasteiger charge is 2.08. The van der Waals surface area contributed by atoms with Crippen LogP contribution >= 0.6 is 11.6 Å². The molecule has 0 aliphatic heterocycles. The molecule has 0 saturated heterocycles. The van der Waals surface area contributed by atoms with Crippen molar-refractivity contribution in [1.29, 1.82) is 0 Å². The minimum absolute atomic E-state index is 0.0537. The van der Waals surface area contributed by atoms with Crippen LogP contribution in [0.5, 0.6) is 5.75 Å². The molecule has 2 rings (SSSR count). The number of pyridine rings is 1. The molecule has 98 valence electrons. The number of benzene rings is 1. The summed E-state index contributed by atoms with van der Waals surface area (Å²) in [6.07, 6.45) is 1.63. The van der Waals surface area contributed by atoms with Crippen molar-refractivity contribution in [2.45, 2.75) is 13.5 Å². The highest BCUT2D eigenvalue weighted by Crippen LogP contribution is 2.24. The maximum atomic E-state index is 10.6. The second-order valence-corrected chi connectivity index (χ2v) is 4.37. The number of halogens is 1. The average molecular weight is 279 g/mol. The number of nitro benzene ring substituents is 1. The van der Waals surface area contributed by atoms with Crippen LogP contribution in [0, 0.1) is 17.0 Å². The van der Waals surface area contributed by atoms with E-state index >= 15 is 0 Å². The Kier molecular flexibility index (Phi) is 3.97. The molecular weight excluding hydrogens is 268 g/mol. The van der Waals surface area contributed by atoms with E-state index in [0.29, 0.717) is 17.5 Å². The summed E-state index contributed by atoms with van der Waals surface area (Å²) in [4.78, 5) is 14.1. The highest BCUT2D eigenvalue weighted by atomic mass is 35.5. The first-order valence-corrected chi connectivity index (χ1v) is 5.92. The van der Waals surface area contributed by atoms with Gasteiger partial charge in [0.25, 0.3) is 5.69 Å². The fraction of sp³-hybridized carbons (Fsp3) is 0.154. The summed E-state index contributed by atoms with van der Waals surface area (Å²) in [6.45, 7) is 2.10. The van der Waals surface area contributed by atoms with Crippen molar-refractivity contribution in [2.75, 3.05) is 0 Å². The number of hydrogen-bond acceptors (Lipinski definition) is 4. The van der Waals surface area contributed by atoms with Crippen LogP contribution in [-0.2, 0) is 6.61 Å². The van der Waals surface area contributed by atoms with E-state index in [4.69, 9.17) is 16.3 Å². The summed E-state index contributed by atoms with van der Waals surface area (Å²) in [5.41, 5.74) is 1.65. The first kappa shape index (κ1) is 13.3. The van der Waals surface area contributed by atoms with Gasteiger partial charge < -0.3 is 4.74 Å². The molecule has 0 spiro atoms. The first-order valence-electron chi connectivity index (χ1n) is 5.54. The molecule has 19 heavy (non-hydrogen) atoms. The molecule has 5 nitrogen and oxygen atoms in total. The molecule has 0 unspecified atom stereocenters. The summed E-state index contributed by atoms with van der Waals surface area (Å²) in [7, 11) is 0. The molecule has 6 heteroatoms. The van der Waals surface area contributed by atoms with Crippen molar-refractivity contribution < 1.29 is 9.66 Å². The van der Waals surface area contributed by atoms with E-state index in [1.807, 2.05) is 6.07 Å². The van der Waals surface area contributed by atoms with Gasteiger partial charge in [0.2, 0.25) is 0 Å². The van der Waals surface area contributed by atoms with Crippen LogP contribution in [0.1, 0.15) is 11.1 Å². The van der Waals surface area contributed by atoms with Crippen molar-refractivity contribution in [3.63, 3.8) is 0 Å². The van der Waals surface area contributed by atoms with Crippen LogP contribution in [0.3, 0.4) is 0 Å². The van der Waals surface area contributed by atoms with E-state index in [-0.39, 0.29) is 5.69 Å². The van der Waals surface area contributed by atoms with Gasteiger partial charge in [-0.2, -0.15) is 0 Å². The Hall–Kier alpha value is -2.14. The number of hydrogen-bond donors (Lipinski definition) is 0. The number of non-ortho nitro benzene ring substituents is 1. The zero-order valence-electron chi connectivity index (χ0n) is 10.2. The van der Waals surface area contributed by atoms with Crippen LogP contribution < -0.4 is 4.74 Å². The lowest BCUT2D eigenvalue weighted by molar-refractivity contribution is -0.384. The third-order valence-corrected chi connectivity index (χ3v) is 2.78. The number of nitrogens with zero attached hydrogens (tertiary/aromatic N) is 2. The molecule has 1 aromatic heterocycles. The molecule has 2 aromatic rings. The van der Waals surface area contributed by atoms with Crippen LogP contribution in [-0.4, -0.2) is 9.91 Å². The number of rotatable bonds is 4. The maximum absolute atomic E-state index is 10.6. The minimum Gasteiger partial charge on any atom is -0.489 e. The Morgan fingerprint density at radius 2 is 2.16 bits per heavy atom. The fourth-order valence-electron chi connectivity index (χ4n) is 1.56. The van der Waals surface area contributed by atoms with Gasteiger partial charge in [-0.1, -0.05) is 17.7 Å². The van der Waals surface area contributed by atoms with Gasteiger partial charge in [0, 0.05) is 23.9 Å². The van der Waals surface area contributed by atoms with Crippen LogP contribution in [0.2, 0.25) is 5.15 Å². The molecule has 0 aliphatic rings. The Morgan fingerprint density at radius 1 is 1.37 bits per heavy atom. The normalized spacial score (nSPS) is 10.2. The molecule has 0 atom stereocenters. The Labute approximate surface area is 115 Å². The summed E-state index contributed by atoms with van der Waals surface area (Å²) in [5, 5.41) is 11.0. The summed E-state index contributed by atoms with van der Waals surface area (Å²) in [6, 6.07) is 7.99. The second-order valence-electron chi connectivity index (χ2n) is 3.98. The number of aromatic nitrogens is 1. The summed E-state index contributed by atoms with van der Waals surface area (Å²) < 4.78 is 5.59. The van der Waals surface area contributed by atoms with Crippen molar-refractivity contribution >= 4 is 17.3 Å². The van der Waals surface area contributed by atoms with E-state index in [2.05, 4.69) is 4.98 Å². The van der Waals surface area contributed by atoms with Crippen LogP contribution in [0.4, 0.5) is 5.69 Å². The molecule has 1 aromatic carbocycles. The van der Waals surface area contributed by atoms with Gasteiger partial charge in [-0.05, 0) is 24.6 Å². The number of ether oxygens (including phenoxy) is 1. The minimum atomic E-state index is -0.431. The standard InChI is InChI=1S/C13H11ClN2O3/c1-9-6-11(16(17)18)3-4-12(9)19-8-10-2-5-13(14)15-7-10/h2-7H,8H2,1H3. The zero-order chi connectivity index (χ0) is 13.8. The molecule has 0 fully saturated rings. The lowest BCUT2D eigenvalue weighted by Crippen LogP contribution is -1.98. The third kappa shape index (κ3) is 3.42. The van der Waals surface area contributed by atoms with Gasteiger partial charge in [0.05, 0.1) is 4.92 Å². The van der Waals surface area contributed by atoms with E-state index in [1.54, 1.807) is 25.3 Å². The lowest BCUT2D eigenvalue weighted by Gasteiger charge is -2.08. The molecular formula is C13H11ClN2O3. The van der Waals surface area contributed by atoms with E-state index < -0.39 is 4.92 Å². The van der Waals surface area contributed by atoms with Gasteiger partial charge in [-0.3, -0.25) is 10.1 Å². The first-order chi connectivity index (χ1) is 9.06. The second kappa shape index (κ2) is 5.67. The van der Waals surface area contributed by atoms with Gasteiger partial charge in [-0.15, -0.1) is 0 Å². The lowest BCUT2D eigenvalue weighted by atomic mass is 10.2. The molecule has 0 amide bonds. The summed E-state index contributed by atoms with van der Waals surface area (Å²) in [5.74, 6) is 0.612. The maximum Gasteiger partial charge on any atom is 0.269 e. The van der Waals surface area contributed by atoms with E-state index in [1.165, 1.54) is 12.1 Å². The predicted octanol–water partition coefficient (Wildman–Crippen LogP) is 3.53. The summed E-state index contributed by atoms with van der Waals surface area (Å²) >= 11 is 5.69. The van der Waals surface area contributed by atoms with Gasteiger partial charge in [0.15, 0.2) is 0 Å². The molecule has 0 N–H and O–H groups in total. The van der Waals surface area contributed by atoms with Crippen LogP contribution in [0.25, 0.3) is 0 Å².